The van der Waals surface area contributed by atoms with Gasteiger partial charge in [0, 0.05) is 50.0 Å². The van der Waals surface area contributed by atoms with Crippen LogP contribution in [0.4, 0.5) is 0 Å². The second-order valence-electron chi connectivity index (χ2n) is 6.94. The van der Waals surface area contributed by atoms with Crippen molar-refractivity contribution in [3.8, 4) is 0 Å². The monoisotopic (exact) mass is 278 g/mol. The van der Waals surface area contributed by atoms with Gasteiger partial charge in [0.2, 0.25) is 0 Å². The quantitative estimate of drug-likeness (QED) is 0.917. The van der Waals surface area contributed by atoms with Crippen molar-refractivity contribution < 1.29 is 0 Å². The summed E-state index contributed by atoms with van der Waals surface area (Å²) in [5.41, 5.74) is 2.89. The van der Waals surface area contributed by atoms with E-state index in [4.69, 9.17) is 0 Å². The second-order valence-corrected chi connectivity index (χ2v) is 6.94. The van der Waals surface area contributed by atoms with Gasteiger partial charge in [0.1, 0.15) is 0 Å². The maximum Gasteiger partial charge on any atom is 0.0666 e. The molecule has 1 aromatic heterocycles. The number of likely N-dealkylation sites (tertiary alicyclic amines) is 1. The zero-order valence-electron chi connectivity index (χ0n) is 13.7. The first-order chi connectivity index (χ1) is 9.40. The van der Waals surface area contributed by atoms with Crippen LogP contribution in [0, 0.1) is 0 Å². The summed E-state index contributed by atoms with van der Waals surface area (Å²) in [6, 6.07) is 0.651. The van der Waals surface area contributed by atoms with E-state index in [2.05, 4.69) is 49.2 Å². The molecule has 0 radical (unpaired) electrons. The van der Waals surface area contributed by atoms with Gasteiger partial charge >= 0.3 is 0 Å². The third-order valence-corrected chi connectivity index (χ3v) is 4.35. The van der Waals surface area contributed by atoms with Gasteiger partial charge in [-0.15, -0.1) is 0 Å². The minimum absolute atomic E-state index is 0.309. The summed E-state index contributed by atoms with van der Waals surface area (Å²) in [4.78, 5) is 2.59. The standard InChI is InChI=1S/C16H30N4/c1-6-15-13(12-19(5)18-15)11-17-14-7-9-20(10-8-14)16(2,3)4/h12,14,17H,6-11H2,1-5H3. The van der Waals surface area contributed by atoms with Gasteiger partial charge in [-0.05, 0) is 40.0 Å². The van der Waals surface area contributed by atoms with Crippen molar-refractivity contribution in [1.82, 2.24) is 20.0 Å². The molecule has 0 atom stereocenters. The van der Waals surface area contributed by atoms with Gasteiger partial charge in [0.15, 0.2) is 0 Å². The number of aryl methyl sites for hydroxylation is 2. The zero-order chi connectivity index (χ0) is 14.8. The molecule has 0 bridgehead atoms. The first-order valence-corrected chi connectivity index (χ1v) is 7.90. The molecule has 1 fully saturated rings. The topological polar surface area (TPSA) is 33.1 Å². The third kappa shape index (κ3) is 3.83. The number of hydrogen-bond donors (Lipinski definition) is 1. The maximum absolute atomic E-state index is 4.51. The van der Waals surface area contributed by atoms with Gasteiger partial charge in [0.25, 0.3) is 0 Å². The van der Waals surface area contributed by atoms with Crippen molar-refractivity contribution in [3.63, 3.8) is 0 Å². The van der Waals surface area contributed by atoms with Crippen molar-refractivity contribution in [3.05, 3.63) is 17.5 Å². The Morgan fingerprint density at radius 1 is 1.30 bits per heavy atom. The lowest BCUT2D eigenvalue weighted by atomic mass is 9.98. The van der Waals surface area contributed by atoms with E-state index in [0.717, 1.165) is 13.0 Å². The Labute approximate surface area is 123 Å². The van der Waals surface area contributed by atoms with Gasteiger partial charge in [-0.2, -0.15) is 5.10 Å². The molecule has 0 aliphatic carbocycles. The highest BCUT2D eigenvalue weighted by atomic mass is 15.3. The van der Waals surface area contributed by atoms with Crippen LogP contribution < -0.4 is 5.32 Å². The first kappa shape index (κ1) is 15.5. The molecular weight excluding hydrogens is 248 g/mol. The summed E-state index contributed by atoms with van der Waals surface area (Å²) < 4.78 is 1.93. The minimum Gasteiger partial charge on any atom is -0.310 e. The van der Waals surface area contributed by atoms with Crippen LogP contribution in [-0.4, -0.2) is 39.4 Å². The lowest BCUT2D eigenvalue weighted by Crippen LogP contribution is -2.49. The third-order valence-electron chi connectivity index (χ3n) is 4.35. The van der Waals surface area contributed by atoms with E-state index < -0.39 is 0 Å². The molecule has 1 aliphatic rings. The van der Waals surface area contributed by atoms with Crippen molar-refractivity contribution in [2.45, 2.75) is 65.1 Å². The van der Waals surface area contributed by atoms with Gasteiger partial charge in [-0.1, -0.05) is 6.92 Å². The first-order valence-electron chi connectivity index (χ1n) is 7.90. The highest BCUT2D eigenvalue weighted by Crippen LogP contribution is 2.20. The average Bonchev–Trinajstić information content (AvgIpc) is 2.76. The highest BCUT2D eigenvalue weighted by Gasteiger charge is 2.26. The van der Waals surface area contributed by atoms with E-state index in [-0.39, 0.29) is 0 Å². The van der Waals surface area contributed by atoms with Crippen LogP contribution in [0.2, 0.25) is 0 Å². The molecule has 0 amide bonds. The number of aromatic nitrogens is 2. The van der Waals surface area contributed by atoms with Crippen molar-refractivity contribution >= 4 is 0 Å². The van der Waals surface area contributed by atoms with E-state index in [0.29, 0.717) is 11.6 Å². The predicted molar refractivity (Wildman–Crippen MR) is 83.8 cm³/mol. The molecule has 114 valence electrons. The zero-order valence-corrected chi connectivity index (χ0v) is 13.7. The molecule has 0 unspecified atom stereocenters. The molecule has 1 aliphatic heterocycles. The van der Waals surface area contributed by atoms with E-state index in [1.54, 1.807) is 0 Å². The van der Waals surface area contributed by atoms with Crippen molar-refractivity contribution in [2.75, 3.05) is 13.1 Å². The van der Waals surface area contributed by atoms with Crippen molar-refractivity contribution in [1.29, 1.82) is 0 Å². The Morgan fingerprint density at radius 3 is 2.50 bits per heavy atom. The number of hydrogen-bond acceptors (Lipinski definition) is 3. The summed E-state index contributed by atoms with van der Waals surface area (Å²) >= 11 is 0. The molecule has 0 aromatic carbocycles. The number of nitrogens with one attached hydrogen (secondary N) is 1. The average molecular weight is 278 g/mol. The number of piperidine rings is 1. The molecular formula is C16H30N4. The summed E-state index contributed by atoms with van der Waals surface area (Å²) in [5.74, 6) is 0. The van der Waals surface area contributed by atoms with Crippen LogP contribution in [0.1, 0.15) is 51.8 Å². The molecule has 4 nitrogen and oxygen atoms in total. The van der Waals surface area contributed by atoms with Crippen LogP contribution in [0.15, 0.2) is 6.20 Å². The molecule has 2 heterocycles. The molecule has 2 rings (SSSR count). The molecule has 0 saturated carbocycles. The van der Waals surface area contributed by atoms with Gasteiger partial charge < -0.3 is 5.32 Å². The summed E-state index contributed by atoms with van der Waals surface area (Å²) in [7, 11) is 2.00. The fraction of sp³-hybridized carbons (Fsp3) is 0.812. The van der Waals surface area contributed by atoms with Crippen molar-refractivity contribution in [2.24, 2.45) is 7.05 Å². The number of nitrogens with zero attached hydrogens (tertiary/aromatic N) is 3. The number of rotatable bonds is 4. The maximum atomic E-state index is 4.51. The lowest BCUT2D eigenvalue weighted by Gasteiger charge is -2.41. The molecule has 1 aromatic rings. The Morgan fingerprint density at radius 2 is 1.95 bits per heavy atom. The van der Waals surface area contributed by atoms with Crippen LogP contribution in [0.5, 0.6) is 0 Å². The molecule has 1 saturated heterocycles. The summed E-state index contributed by atoms with van der Waals surface area (Å²) in [6.45, 7) is 12.5. The molecule has 1 N–H and O–H groups in total. The molecule has 20 heavy (non-hydrogen) atoms. The summed E-state index contributed by atoms with van der Waals surface area (Å²) in [5, 5.41) is 8.22. The fourth-order valence-corrected chi connectivity index (χ4v) is 3.04. The van der Waals surface area contributed by atoms with E-state index in [9.17, 15) is 0 Å². The molecule has 0 spiro atoms. The Bertz CT molecular complexity index is 422. The highest BCUT2D eigenvalue weighted by molar-refractivity contribution is 5.16. The Kier molecular flexibility index (Phi) is 4.86. The van der Waals surface area contributed by atoms with Crippen LogP contribution >= 0.6 is 0 Å². The molecule has 4 heteroatoms. The van der Waals surface area contributed by atoms with Crippen LogP contribution in [0.25, 0.3) is 0 Å². The normalized spacial score (nSPS) is 18.6. The van der Waals surface area contributed by atoms with E-state index >= 15 is 0 Å². The SMILES string of the molecule is CCc1nn(C)cc1CNC1CCN(C(C)(C)C)CC1. The van der Waals surface area contributed by atoms with Crippen LogP contribution in [-0.2, 0) is 20.0 Å². The van der Waals surface area contributed by atoms with E-state index in [1.165, 1.54) is 37.2 Å². The lowest BCUT2D eigenvalue weighted by molar-refractivity contribution is 0.0960. The Balaban J connectivity index is 1.81. The van der Waals surface area contributed by atoms with Gasteiger partial charge in [-0.3, -0.25) is 9.58 Å². The minimum atomic E-state index is 0.309. The predicted octanol–water partition coefficient (Wildman–Crippen LogP) is 2.33. The smallest absolute Gasteiger partial charge is 0.0666 e. The Hall–Kier alpha value is -0.870. The largest absolute Gasteiger partial charge is 0.310 e. The summed E-state index contributed by atoms with van der Waals surface area (Å²) in [6.07, 6.45) is 5.66. The fourth-order valence-electron chi connectivity index (χ4n) is 3.04. The van der Waals surface area contributed by atoms with Crippen LogP contribution in [0.3, 0.4) is 0 Å². The van der Waals surface area contributed by atoms with Gasteiger partial charge in [0.05, 0.1) is 5.69 Å². The van der Waals surface area contributed by atoms with E-state index in [1.807, 2.05) is 11.7 Å². The second kappa shape index (κ2) is 6.27. The van der Waals surface area contributed by atoms with Gasteiger partial charge in [-0.25, -0.2) is 0 Å².